The molecule has 0 heterocycles. The van der Waals surface area contributed by atoms with Crippen LogP contribution >= 0.6 is 0 Å². The van der Waals surface area contributed by atoms with Crippen LogP contribution < -0.4 is 9.47 Å². The standard InChI is InChI=1S/C12H15NO3/c1-15-11-5-6-12(16-2)10(8-11)4-3-7-13-9-14/h5-6,8H,3-4,7H2,1-2H3. The molecule has 0 amide bonds. The Kier molecular flexibility index (Phi) is 5.09. The molecule has 0 saturated heterocycles. The van der Waals surface area contributed by atoms with Gasteiger partial charge in [-0.1, -0.05) is 0 Å². The molecule has 0 bridgehead atoms. The van der Waals surface area contributed by atoms with Crippen molar-refractivity contribution < 1.29 is 14.3 Å². The molecule has 0 atom stereocenters. The Balaban J connectivity index is 2.70. The van der Waals surface area contributed by atoms with Crippen LogP contribution in [0.5, 0.6) is 11.5 Å². The Bertz CT molecular complexity index is 384. The van der Waals surface area contributed by atoms with Crippen LogP contribution in [0, 0.1) is 0 Å². The Morgan fingerprint density at radius 3 is 2.75 bits per heavy atom. The molecule has 4 heteroatoms. The zero-order chi connectivity index (χ0) is 11.8. The van der Waals surface area contributed by atoms with Crippen molar-refractivity contribution in [2.24, 2.45) is 4.99 Å². The third kappa shape index (κ3) is 3.41. The van der Waals surface area contributed by atoms with Gasteiger partial charge in [-0.25, -0.2) is 9.79 Å². The van der Waals surface area contributed by atoms with Gasteiger partial charge in [0.05, 0.1) is 20.8 Å². The maximum atomic E-state index is 9.90. The predicted octanol–water partition coefficient (Wildman–Crippen LogP) is 1.97. The zero-order valence-electron chi connectivity index (χ0n) is 9.53. The maximum Gasteiger partial charge on any atom is 0.234 e. The summed E-state index contributed by atoms with van der Waals surface area (Å²) < 4.78 is 10.4. The van der Waals surface area contributed by atoms with Gasteiger partial charge in [-0.3, -0.25) is 0 Å². The van der Waals surface area contributed by atoms with E-state index in [1.54, 1.807) is 14.2 Å². The molecule has 0 aliphatic heterocycles. The maximum absolute atomic E-state index is 9.90. The van der Waals surface area contributed by atoms with Gasteiger partial charge in [0.25, 0.3) is 0 Å². The molecule has 4 nitrogen and oxygen atoms in total. The summed E-state index contributed by atoms with van der Waals surface area (Å²) in [5.74, 6) is 1.63. The number of benzene rings is 1. The van der Waals surface area contributed by atoms with Crippen LogP contribution in [0.15, 0.2) is 23.2 Å². The first-order chi connectivity index (χ1) is 7.81. The number of aliphatic imine (C=N–C) groups is 1. The molecule has 16 heavy (non-hydrogen) atoms. The summed E-state index contributed by atoms with van der Waals surface area (Å²) in [5.41, 5.74) is 1.06. The van der Waals surface area contributed by atoms with E-state index in [-0.39, 0.29) is 0 Å². The van der Waals surface area contributed by atoms with E-state index in [0.29, 0.717) is 6.54 Å². The number of nitrogens with zero attached hydrogens (tertiary/aromatic N) is 1. The number of methoxy groups -OCH3 is 2. The molecule has 0 N–H and O–H groups in total. The fourth-order valence-corrected chi connectivity index (χ4v) is 1.47. The van der Waals surface area contributed by atoms with E-state index in [2.05, 4.69) is 4.99 Å². The highest BCUT2D eigenvalue weighted by atomic mass is 16.5. The Hall–Kier alpha value is -1.80. The van der Waals surface area contributed by atoms with Crippen LogP contribution in [-0.4, -0.2) is 26.8 Å². The molecule has 86 valence electrons. The van der Waals surface area contributed by atoms with Gasteiger partial charge in [0.2, 0.25) is 6.08 Å². The first-order valence-corrected chi connectivity index (χ1v) is 5.06. The van der Waals surface area contributed by atoms with Crippen molar-refractivity contribution in [3.05, 3.63) is 23.8 Å². The van der Waals surface area contributed by atoms with E-state index in [1.807, 2.05) is 18.2 Å². The van der Waals surface area contributed by atoms with Gasteiger partial charge in [0.1, 0.15) is 11.5 Å². The summed E-state index contributed by atoms with van der Waals surface area (Å²) >= 11 is 0. The van der Waals surface area contributed by atoms with E-state index in [1.165, 1.54) is 6.08 Å². The van der Waals surface area contributed by atoms with Gasteiger partial charge in [-0.15, -0.1) is 0 Å². The summed E-state index contributed by atoms with van der Waals surface area (Å²) in [5, 5.41) is 0. The molecule has 0 aliphatic rings. The van der Waals surface area contributed by atoms with Crippen LogP contribution in [0.2, 0.25) is 0 Å². The highest BCUT2D eigenvalue weighted by molar-refractivity contribution is 5.40. The Morgan fingerprint density at radius 1 is 1.31 bits per heavy atom. The minimum atomic E-state index is 0.490. The van der Waals surface area contributed by atoms with Crippen molar-refractivity contribution in [3.8, 4) is 11.5 Å². The number of ether oxygens (including phenoxy) is 2. The van der Waals surface area contributed by atoms with Crippen molar-refractivity contribution >= 4 is 6.08 Å². The molecule has 1 aromatic carbocycles. The van der Waals surface area contributed by atoms with Crippen molar-refractivity contribution in [1.82, 2.24) is 0 Å². The first kappa shape index (κ1) is 12.3. The monoisotopic (exact) mass is 221 g/mol. The van der Waals surface area contributed by atoms with Crippen LogP contribution in [0.4, 0.5) is 0 Å². The smallest absolute Gasteiger partial charge is 0.234 e. The lowest BCUT2D eigenvalue weighted by Gasteiger charge is -2.09. The number of aryl methyl sites for hydroxylation is 1. The van der Waals surface area contributed by atoms with E-state index in [9.17, 15) is 4.79 Å². The van der Waals surface area contributed by atoms with Crippen molar-refractivity contribution in [3.63, 3.8) is 0 Å². The second kappa shape index (κ2) is 6.64. The number of rotatable bonds is 6. The summed E-state index contributed by atoms with van der Waals surface area (Å²) in [7, 11) is 3.26. The summed E-state index contributed by atoms with van der Waals surface area (Å²) in [4.78, 5) is 13.4. The Labute approximate surface area is 94.9 Å². The highest BCUT2D eigenvalue weighted by Crippen LogP contribution is 2.24. The molecular weight excluding hydrogens is 206 g/mol. The molecule has 0 aromatic heterocycles. The second-order valence-corrected chi connectivity index (χ2v) is 3.25. The van der Waals surface area contributed by atoms with Crippen LogP contribution in [-0.2, 0) is 11.2 Å². The molecule has 0 aliphatic carbocycles. The molecule has 1 rings (SSSR count). The van der Waals surface area contributed by atoms with Gasteiger partial charge in [0, 0.05) is 0 Å². The third-order valence-corrected chi connectivity index (χ3v) is 2.27. The summed E-state index contributed by atoms with van der Waals surface area (Å²) in [6, 6.07) is 5.66. The fraction of sp³-hybridized carbons (Fsp3) is 0.417. The lowest BCUT2D eigenvalue weighted by atomic mass is 10.1. The number of hydrogen-bond donors (Lipinski definition) is 0. The van der Waals surface area contributed by atoms with Crippen molar-refractivity contribution in [2.75, 3.05) is 20.8 Å². The largest absolute Gasteiger partial charge is 0.497 e. The van der Waals surface area contributed by atoms with Crippen LogP contribution in [0.1, 0.15) is 12.0 Å². The molecule has 0 spiro atoms. The van der Waals surface area contributed by atoms with Crippen molar-refractivity contribution in [1.29, 1.82) is 0 Å². The fourth-order valence-electron chi connectivity index (χ4n) is 1.47. The quantitative estimate of drug-likeness (QED) is 0.419. The first-order valence-electron chi connectivity index (χ1n) is 5.06. The number of hydrogen-bond acceptors (Lipinski definition) is 4. The lowest BCUT2D eigenvalue weighted by molar-refractivity contribution is 0.398. The van der Waals surface area contributed by atoms with Gasteiger partial charge in [0.15, 0.2) is 0 Å². The number of isocyanates is 1. The second-order valence-electron chi connectivity index (χ2n) is 3.25. The Morgan fingerprint density at radius 2 is 2.12 bits per heavy atom. The van der Waals surface area contributed by atoms with E-state index in [0.717, 1.165) is 29.9 Å². The predicted molar refractivity (Wildman–Crippen MR) is 60.9 cm³/mol. The van der Waals surface area contributed by atoms with Crippen LogP contribution in [0.3, 0.4) is 0 Å². The van der Waals surface area contributed by atoms with Gasteiger partial charge >= 0.3 is 0 Å². The third-order valence-electron chi connectivity index (χ3n) is 2.27. The normalized spacial score (nSPS) is 9.38. The van der Waals surface area contributed by atoms with Gasteiger partial charge < -0.3 is 9.47 Å². The average Bonchev–Trinajstić information content (AvgIpc) is 2.34. The molecule has 0 radical (unpaired) electrons. The molecule has 1 aromatic rings. The minimum Gasteiger partial charge on any atom is -0.497 e. The van der Waals surface area contributed by atoms with Gasteiger partial charge in [-0.2, -0.15) is 0 Å². The van der Waals surface area contributed by atoms with E-state index >= 15 is 0 Å². The zero-order valence-corrected chi connectivity index (χ0v) is 9.53. The summed E-state index contributed by atoms with van der Waals surface area (Å²) in [6.07, 6.45) is 3.11. The van der Waals surface area contributed by atoms with E-state index in [4.69, 9.17) is 9.47 Å². The van der Waals surface area contributed by atoms with Crippen LogP contribution in [0.25, 0.3) is 0 Å². The lowest BCUT2D eigenvalue weighted by Crippen LogP contribution is -1.95. The van der Waals surface area contributed by atoms with Crippen molar-refractivity contribution in [2.45, 2.75) is 12.8 Å². The molecule has 0 fully saturated rings. The van der Waals surface area contributed by atoms with E-state index < -0.39 is 0 Å². The molecular formula is C12H15NO3. The number of carbonyl (C=O) groups excluding carboxylic acids is 1. The molecule has 0 unspecified atom stereocenters. The average molecular weight is 221 g/mol. The highest BCUT2D eigenvalue weighted by Gasteiger charge is 2.04. The topological polar surface area (TPSA) is 47.9 Å². The minimum absolute atomic E-state index is 0.490. The molecule has 0 saturated carbocycles. The SMILES string of the molecule is COc1ccc(OC)c(CCCN=C=O)c1. The van der Waals surface area contributed by atoms with Gasteiger partial charge in [-0.05, 0) is 36.6 Å². The summed E-state index contributed by atoms with van der Waals surface area (Å²) in [6.45, 7) is 0.490.